The molecule has 0 N–H and O–H groups in total. The number of ether oxygens (including phenoxy) is 3. The lowest BCUT2D eigenvalue weighted by Crippen LogP contribution is -2.06. The molecule has 7 heteroatoms. The van der Waals surface area contributed by atoms with Gasteiger partial charge in [-0.3, -0.25) is 4.79 Å². The van der Waals surface area contributed by atoms with E-state index in [9.17, 15) is 18.0 Å². The van der Waals surface area contributed by atoms with Crippen molar-refractivity contribution in [1.29, 1.82) is 0 Å². The molecule has 4 nitrogen and oxygen atoms in total. The van der Waals surface area contributed by atoms with Gasteiger partial charge in [-0.15, -0.1) is 0 Å². The highest BCUT2D eigenvalue weighted by molar-refractivity contribution is 5.80. The monoisotopic (exact) mass is 326 g/mol. The van der Waals surface area contributed by atoms with Crippen LogP contribution in [0.15, 0.2) is 36.4 Å². The highest BCUT2D eigenvalue weighted by atomic mass is 19.4. The van der Waals surface area contributed by atoms with Gasteiger partial charge in [-0.05, 0) is 30.3 Å². The van der Waals surface area contributed by atoms with Gasteiger partial charge in [-0.25, -0.2) is 0 Å². The summed E-state index contributed by atoms with van der Waals surface area (Å²) in [4.78, 5) is 11.1. The average molecular weight is 326 g/mol. The molecule has 0 spiro atoms. The summed E-state index contributed by atoms with van der Waals surface area (Å²) in [5.74, 6) is 1.09. The number of halogens is 3. The highest BCUT2D eigenvalue weighted by Crippen LogP contribution is 2.37. The fraction of sp³-hybridized carbons (Fsp3) is 0.188. The van der Waals surface area contributed by atoms with Gasteiger partial charge in [0, 0.05) is 6.07 Å². The number of hydrogen-bond acceptors (Lipinski definition) is 4. The summed E-state index contributed by atoms with van der Waals surface area (Å²) >= 11 is 0. The maximum Gasteiger partial charge on any atom is 0.416 e. The van der Waals surface area contributed by atoms with Crippen molar-refractivity contribution in [1.82, 2.24) is 0 Å². The van der Waals surface area contributed by atoms with Crippen LogP contribution in [0.25, 0.3) is 0 Å². The zero-order chi connectivity index (χ0) is 17.0. The second-order valence-corrected chi connectivity index (χ2v) is 4.49. The van der Waals surface area contributed by atoms with Crippen LogP contribution >= 0.6 is 0 Å². The fourth-order valence-corrected chi connectivity index (χ4v) is 1.89. The molecule has 0 aliphatic rings. The zero-order valence-electron chi connectivity index (χ0n) is 12.3. The van der Waals surface area contributed by atoms with Crippen LogP contribution in [0.4, 0.5) is 13.2 Å². The first-order chi connectivity index (χ1) is 10.9. The molecule has 0 radical (unpaired) electrons. The maximum absolute atomic E-state index is 12.7. The number of benzene rings is 2. The Kier molecular flexibility index (Phi) is 4.78. The average Bonchev–Trinajstić information content (AvgIpc) is 2.54. The molecular weight excluding hydrogens is 313 g/mol. The molecule has 0 aliphatic carbocycles. The van der Waals surface area contributed by atoms with E-state index in [0.29, 0.717) is 17.8 Å². The number of rotatable bonds is 5. The van der Waals surface area contributed by atoms with Crippen LogP contribution in [-0.2, 0) is 6.18 Å². The Labute approximate surface area is 130 Å². The lowest BCUT2D eigenvalue weighted by atomic mass is 10.1. The minimum Gasteiger partial charge on any atom is -0.497 e. The van der Waals surface area contributed by atoms with Gasteiger partial charge < -0.3 is 14.2 Å². The lowest BCUT2D eigenvalue weighted by Gasteiger charge is -2.14. The van der Waals surface area contributed by atoms with Gasteiger partial charge in [0.2, 0.25) is 0 Å². The molecule has 0 saturated carbocycles. The Morgan fingerprint density at radius 2 is 1.61 bits per heavy atom. The number of carbonyl (C=O) groups excluding carboxylic acids is 1. The fourth-order valence-electron chi connectivity index (χ4n) is 1.89. The van der Waals surface area contributed by atoms with Gasteiger partial charge in [0.05, 0.1) is 25.3 Å². The number of aldehydes is 1. The molecule has 0 atom stereocenters. The summed E-state index contributed by atoms with van der Waals surface area (Å²) in [5, 5.41) is 0. The number of methoxy groups -OCH3 is 2. The van der Waals surface area contributed by atoms with Crippen molar-refractivity contribution in [3.8, 4) is 23.0 Å². The van der Waals surface area contributed by atoms with E-state index in [1.165, 1.54) is 20.3 Å². The van der Waals surface area contributed by atoms with Crippen LogP contribution < -0.4 is 14.2 Å². The lowest BCUT2D eigenvalue weighted by molar-refractivity contribution is -0.137. The molecule has 122 valence electrons. The third-order valence-corrected chi connectivity index (χ3v) is 3.05. The van der Waals surface area contributed by atoms with Gasteiger partial charge in [0.15, 0.2) is 17.8 Å². The van der Waals surface area contributed by atoms with Crippen molar-refractivity contribution in [2.75, 3.05) is 14.2 Å². The summed E-state index contributed by atoms with van der Waals surface area (Å²) in [6.07, 6.45) is -4.23. The van der Waals surface area contributed by atoms with Crippen molar-refractivity contribution in [3.05, 3.63) is 47.5 Å². The van der Waals surface area contributed by atoms with Gasteiger partial charge in [-0.1, -0.05) is 0 Å². The Morgan fingerprint density at radius 3 is 2.17 bits per heavy atom. The molecule has 0 aliphatic heterocycles. The van der Waals surface area contributed by atoms with Crippen molar-refractivity contribution < 1.29 is 32.2 Å². The van der Waals surface area contributed by atoms with E-state index in [-0.39, 0.29) is 17.1 Å². The Bertz CT molecular complexity index is 711. The Balaban J connectivity index is 2.39. The highest BCUT2D eigenvalue weighted by Gasteiger charge is 2.31. The zero-order valence-corrected chi connectivity index (χ0v) is 12.3. The first-order valence-corrected chi connectivity index (χ1v) is 6.45. The van der Waals surface area contributed by atoms with E-state index >= 15 is 0 Å². The Morgan fingerprint density at radius 1 is 0.913 bits per heavy atom. The third-order valence-electron chi connectivity index (χ3n) is 3.05. The molecular formula is C16H13F3O4. The van der Waals surface area contributed by atoms with Crippen LogP contribution in [-0.4, -0.2) is 20.5 Å². The van der Waals surface area contributed by atoms with Gasteiger partial charge >= 0.3 is 6.18 Å². The normalized spacial score (nSPS) is 11.0. The minimum absolute atomic E-state index is 0.00327. The van der Waals surface area contributed by atoms with E-state index in [2.05, 4.69) is 0 Å². The number of alkyl halides is 3. The van der Waals surface area contributed by atoms with Gasteiger partial charge in [0.1, 0.15) is 11.5 Å². The summed E-state index contributed by atoms with van der Waals surface area (Å²) in [7, 11) is 2.89. The van der Waals surface area contributed by atoms with Crippen molar-refractivity contribution in [2.45, 2.75) is 6.18 Å². The van der Waals surface area contributed by atoms with Crippen molar-refractivity contribution in [3.63, 3.8) is 0 Å². The quantitative estimate of drug-likeness (QED) is 0.767. The summed E-state index contributed by atoms with van der Waals surface area (Å²) in [6.45, 7) is 0. The van der Waals surface area contributed by atoms with Crippen LogP contribution in [0.1, 0.15) is 15.9 Å². The molecule has 0 unspecified atom stereocenters. The van der Waals surface area contributed by atoms with Crippen LogP contribution in [0, 0.1) is 0 Å². The van der Waals surface area contributed by atoms with Crippen LogP contribution in [0.5, 0.6) is 23.0 Å². The van der Waals surface area contributed by atoms with E-state index < -0.39 is 11.7 Å². The molecule has 0 saturated heterocycles. The third kappa shape index (κ3) is 3.74. The molecule has 0 bridgehead atoms. The van der Waals surface area contributed by atoms with Crippen LogP contribution in [0.2, 0.25) is 0 Å². The topological polar surface area (TPSA) is 44.8 Å². The van der Waals surface area contributed by atoms with E-state index in [4.69, 9.17) is 14.2 Å². The molecule has 0 heterocycles. The minimum atomic E-state index is -4.53. The van der Waals surface area contributed by atoms with Gasteiger partial charge in [-0.2, -0.15) is 13.2 Å². The number of hydrogen-bond donors (Lipinski definition) is 0. The second kappa shape index (κ2) is 6.60. The predicted molar refractivity (Wildman–Crippen MR) is 76.5 cm³/mol. The largest absolute Gasteiger partial charge is 0.497 e. The van der Waals surface area contributed by atoms with E-state index in [1.54, 1.807) is 12.1 Å². The second-order valence-electron chi connectivity index (χ2n) is 4.49. The van der Waals surface area contributed by atoms with Crippen molar-refractivity contribution in [2.24, 2.45) is 0 Å². The van der Waals surface area contributed by atoms with Crippen LogP contribution in [0.3, 0.4) is 0 Å². The summed E-state index contributed by atoms with van der Waals surface area (Å²) in [5.41, 5.74) is -1.13. The van der Waals surface area contributed by atoms with Crippen molar-refractivity contribution >= 4 is 6.29 Å². The molecule has 2 rings (SSSR count). The first kappa shape index (κ1) is 16.7. The maximum atomic E-state index is 12.7. The summed E-state index contributed by atoms with van der Waals surface area (Å²) in [6, 6.07) is 7.36. The number of carbonyl (C=O) groups is 1. The van der Waals surface area contributed by atoms with E-state index in [1.807, 2.05) is 0 Å². The first-order valence-electron chi connectivity index (χ1n) is 6.45. The molecule has 23 heavy (non-hydrogen) atoms. The molecule has 0 fully saturated rings. The SMILES string of the molecule is COc1ccc(Oc2ccc(C(F)(F)F)cc2C=O)c(OC)c1. The Hall–Kier alpha value is -2.70. The predicted octanol–water partition coefficient (Wildman–Crippen LogP) is 4.33. The summed E-state index contributed by atoms with van der Waals surface area (Å²) < 4.78 is 53.7. The molecule has 0 aromatic heterocycles. The standard InChI is InChI=1S/C16H13F3O4/c1-21-12-4-6-14(15(8-12)22-2)23-13-5-3-11(16(17,18)19)7-10(13)9-20/h3-9H,1-2H3. The molecule has 2 aromatic rings. The molecule has 2 aromatic carbocycles. The smallest absolute Gasteiger partial charge is 0.416 e. The van der Waals surface area contributed by atoms with Gasteiger partial charge in [0.25, 0.3) is 0 Å². The molecule has 0 amide bonds. The van der Waals surface area contributed by atoms with E-state index in [0.717, 1.165) is 18.2 Å².